The minimum absolute atomic E-state index is 0.228. The van der Waals surface area contributed by atoms with Crippen LogP contribution in [0.4, 0.5) is 16.2 Å². The Morgan fingerprint density at radius 1 is 0.917 bits per heavy atom. The Kier molecular flexibility index (Phi) is 4.37. The fourth-order valence-electron chi connectivity index (χ4n) is 2.63. The molecule has 4 nitrogen and oxygen atoms in total. The molecule has 0 aliphatic carbocycles. The Morgan fingerprint density at radius 2 is 1.62 bits per heavy atom. The van der Waals surface area contributed by atoms with E-state index in [1.807, 2.05) is 64.1 Å². The summed E-state index contributed by atoms with van der Waals surface area (Å²) < 4.78 is 0. The van der Waals surface area contributed by atoms with Crippen LogP contribution >= 0.6 is 11.8 Å². The zero-order valence-corrected chi connectivity index (χ0v) is 15.0. The highest BCUT2D eigenvalue weighted by molar-refractivity contribution is 8.16. The van der Waals surface area contributed by atoms with Gasteiger partial charge in [0.1, 0.15) is 0 Å². The summed E-state index contributed by atoms with van der Waals surface area (Å²) in [6, 6.07) is 11.7. The molecule has 3 rings (SSSR count). The zero-order valence-electron chi connectivity index (χ0n) is 14.2. The second kappa shape index (κ2) is 6.32. The largest absolute Gasteiger partial charge is 0.365 e. The molecule has 1 fully saturated rings. The van der Waals surface area contributed by atoms with Crippen molar-refractivity contribution in [3.63, 3.8) is 0 Å². The Hall–Kier alpha value is -2.27. The minimum Gasteiger partial charge on any atom is -0.365 e. The van der Waals surface area contributed by atoms with Crippen LogP contribution < -0.4 is 10.2 Å². The topological polar surface area (TPSA) is 49.4 Å². The van der Waals surface area contributed by atoms with Gasteiger partial charge in [-0.1, -0.05) is 18.2 Å². The molecule has 1 aliphatic heterocycles. The SMILES string of the molecule is Cc1ccc(C)c(NC2SC(=O)N(c3ccc(C)c(C)c3)C2=O)c1. The Balaban J connectivity index is 1.86. The van der Waals surface area contributed by atoms with Gasteiger partial charge in [-0.15, -0.1) is 0 Å². The molecule has 1 aliphatic rings. The molecular formula is C19H20N2O2S. The summed E-state index contributed by atoms with van der Waals surface area (Å²) in [7, 11) is 0. The quantitative estimate of drug-likeness (QED) is 0.890. The molecule has 0 aromatic heterocycles. The molecule has 24 heavy (non-hydrogen) atoms. The molecule has 1 unspecified atom stereocenters. The second-order valence-corrected chi connectivity index (χ2v) is 7.23. The molecule has 1 N–H and O–H groups in total. The number of benzene rings is 2. The number of thioether (sulfide) groups is 1. The molecule has 2 amide bonds. The van der Waals surface area contributed by atoms with E-state index in [0.29, 0.717) is 5.69 Å². The van der Waals surface area contributed by atoms with Crippen molar-refractivity contribution in [2.45, 2.75) is 33.1 Å². The van der Waals surface area contributed by atoms with Crippen LogP contribution in [0.3, 0.4) is 0 Å². The standard InChI is InChI=1S/C19H20N2O2S/c1-11-5-6-13(3)16(9-11)20-17-18(22)21(19(23)24-17)15-8-7-12(2)14(4)10-15/h5-10,17,20H,1-4H3. The van der Waals surface area contributed by atoms with E-state index in [1.165, 1.54) is 4.90 Å². The first-order chi connectivity index (χ1) is 11.4. The van der Waals surface area contributed by atoms with E-state index >= 15 is 0 Å². The van der Waals surface area contributed by atoms with Crippen LogP contribution in [0, 0.1) is 27.7 Å². The number of carbonyl (C=O) groups excluding carboxylic acids is 2. The summed E-state index contributed by atoms with van der Waals surface area (Å²) >= 11 is 1.02. The third-order valence-electron chi connectivity index (χ3n) is 4.27. The minimum atomic E-state index is -0.598. The second-order valence-electron chi connectivity index (χ2n) is 6.17. The first kappa shape index (κ1) is 16.6. The molecule has 1 saturated heterocycles. The highest BCUT2D eigenvalue weighted by Crippen LogP contribution is 2.33. The van der Waals surface area contributed by atoms with Gasteiger partial charge in [-0.05, 0) is 79.9 Å². The van der Waals surface area contributed by atoms with E-state index in [4.69, 9.17) is 0 Å². The average molecular weight is 340 g/mol. The number of amides is 2. The number of rotatable bonds is 3. The van der Waals surface area contributed by atoms with E-state index in [2.05, 4.69) is 5.32 Å². The van der Waals surface area contributed by atoms with E-state index in [1.54, 1.807) is 0 Å². The number of anilines is 2. The van der Waals surface area contributed by atoms with Crippen molar-refractivity contribution in [1.82, 2.24) is 0 Å². The first-order valence-electron chi connectivity index (χ1n) is 7.82. The fraction of sp³-hybridized carbons (Fsp3) is 0.263. The smallest absolute Gasteiger partial charge is 0.295 e. The zero-order chi connectivity index (χ0) is 17.4. The molecule has 2 aromatic carbocycles. The maximum absolute atomic E-state index is 12.7. The monoisotopic (exact) mass is 340 g/mol. The molecule has 0 saturated carbocycles. The van der Waals surface area contributed by atoms with Gasteiger partial charge in [-0.2, -0.15) is 0 Å². The Bertz CT molecular complexity index is 832. The van der Waals surface area contributed by atoms with Crippen molar-refractivity contribution in [1.29, 1.82) is 0 Å². The third-order valence-corrected chi connectivity index (χ3v) is 5.21. The summed E-state index contributed by atoms with van der Waals surface area (Å²) in [6.45, 7) is 7.96. The molecule has 5 heteroatoms. The molecule has 0 radical (unpaired) electrons. The molecule has 0 bridgehead atoms. The van der Waals surface area contributed by atoms with Crippen LogP contribution in [0.5, 0.6) is 0 Å². The van der Waals surface area contributed by atoms with Crippen LogP contribution in [0.25, 0.3) is 0 Å². The predicted molar refractivity (Wildman–Crippen MR) is 99.7 cm³/mol. The van der Waals surface area contributed by atoms with Gasteiger partial charge in [0.05, 0.1) is 5.69 Å². The molecule has 2 aromatic rings. The summed E-state index contributed by atoms with van der Waals surface area (Å²) in [5.74, 6) is -0.228. The van der Waals surface area contributed by atoms with Gasteiger partial charge in [0, 0.05) is 5.69 Å². The van der Waals surface area contributed by atoms with Gasteiger partial charge in [0.25, 0.3) is 11.1 Å². The number of hydrogen-bond donors (Lipinski definition) is 1. The maximum Gasteiger partial charge on any atom is 0.295 e. The Morgan fingerprint density at radius 3 is 2.33 bits per heavy atom. The lowest BCUT2D eigenvalue weighted by atomic mass is 10.1. The number of hydrogen-bond acceptors (Lipinski definition) is 4. The third kappa shape index (κ3) is 3.04. The van der Waals surface area contributed by atoms with Crippen molar-refractivity contribution >= 4 is 34.3 Å². The van der Waals surface area contributed by atoms with Crippen molar-refractivity contribution in [3.05, 3.63) is 58.7 Å². The fourth-order valence-corrected chi connectivity index (χ4v) is 3.53. The number of imide groups is 1. The lowest BCUT2D eigenvalue weighted by Gasteiger charge is -2.17. The number of aryl methyl sites for hydroxylation is 4. The van der Waals surface area contributed by atoms with Crippen molar-refractivity contribution < 1.29 is 9.59 Å². The summed E-state index contributed by atoms with van der Waals surface area (Å²) in [5.41, 5.74) is 5.86. The van der Waals surface area contributed by atoms with Gasteiger partial charge < -0.3 is 5.32 Å². The highest BCUT2D eigenvalue weighted by Gasteiger charge is 2.40. The van der Waals surface area contributed by atoms with Crippen molar-refractivity contribution in [2.75, 3.05) is 10.2 Å². The normalized spacial score (nSPS) is 17.5. The van der Waals surface area contributed by atoms with Gasteiger partial charge in [-0.3, -0.25) is 9.59 Å². The van der Waals surface area contributed by atoms with Crippen LogP contribution in [0.2, 0.25) is 0 Å². The number of nitrogens with one attached hydrogen (secondary N) is 1. The summed E-state index contributed by atoms with van der Waals surface area (Å²) in [4.78, 5) is 26.4. The van der Waals surface area contributed by atoms with E-state index < -0.39 is 5.37 Å². The predicted octanol–water partition coefficient (Wildman–Crippen LogP) is 4.56. The van der Waals surface area contributed by atoms with E-state index in [0.717, 1.165) is 39.7 Å². The van der Waals surface area contributed by atoms with E-state index in [-0.39, 0.29) is 11.1 Å². The lowest BCUT2D eigenvalue weighted by Crippen LogP contribution is -2.34. The van der Waals surface area contributed by atoms with E-state index in [9.17, 15) is 9.59 Å². The maximum atomic E-state index is 12.7. The van der Waals surface area contributed by atoms with Gasteiger partial charge in [0.2, 0.25) is 0 Å². The number of carbonyl (C=O) groups is 2. The van der Waals surface area contributed by atoms with Crippen LogP contribution in [-0.2, 0) is 4.79 Å². The molecule has 0 spiro atoms. The van der Waals surface area contributed by atoms with Gasteiger partial charge in [-0.25, -0.2) is 4.90 Å². The first-order valence-corrected chi connectivity index (χ1v) is 8.70. The average Bonchev–Trinajstić information content (AvgIpc) is 2.80. The van der Waals surface area contributed by atoms with Crippen LogP contribution in [0.1, 0.15) is 22.3 Å². The van der Waals surface area contributed by atoms with Gasteiger partial charge in [0.15, 0.2) is 5.37 Å². The van der Waals surface area contributed by atoms with Crippen molar-refractivity contribution in [2.24, 2.45) is 0 Å². The molecule has 124 valence electrons. The highest BCUT2D eigenvalue weighted by atomic mass is 32.2. The lowest BCUT2D eigenvalue weighted by molar-refractivity contribution is -0.116. The van der Waals surface area contributed by atoms with Crippen molar-refractivity contribution in [3.8, 4) is 0 Å². The summed E-state index contributed by atoms with van der Waals surface area (Å²) in [5, 5.41) is 2.36. The van der Waals surface area contributed by atoms with Crippen LogP contribution in [0.15, 0.2) is 36.4 Å². The Labute approximate surface area is 146 Å². The number of nitrogens with zero attached hydrogens (tertiary/aromatic N) is 1. The van der Waals surface area contributed by atoms with Gasteiger partial charge >= 0.3 is 0 Å². The molecular weight excluding hydrogens is 320 g/mol. The molecule has 1 atom stereocenters. The molecule has 1 heterocycles. The van der Waals surface area contributed by atoms with Crippen LogP contribution in [-0.4, -0.2) is 16.5 Å². The summed E-state index contributed by atoms with van der Waals surface area (Å²) in [6.07, 6.45) is 0.